The van der Waals surface area contributed by atoms with E-state index in [4.69, 9.17) is 23.2 Å². The predicted molar refractivity (Wildman–Crippen MR) is 161 cm³/mol. The van der Waals surface area contributed by atoms with Crippen LogP contribution >= 0.6 is 23.2 Å². The summed E-state index contributed by atoms with van der Waals surface area (Å²) < 4.78 is 2.61. The molecule has 1 fully saturated rings. The predicted octanol–water partition coefficient (Wildman–Crippen LogP) is 5.31. The van der Waals surface area contributed by atoms with Gasteiger partial charge in [-0.2, -0.15) is 4.68 Å². The Kier molecular flexibility index (Phi) is 7.28. The normalized spacial score (nSPS) is 18.6. The smallest absolute Gasteiger partial charge is 0.279 e. The lowest BCUT2D eigenvalue weighted by molar-refractivity contribution is -0.134. The fourth-order valence-corrected chi connectivity index (χ4v) is 5.99. The van der Waals surface area contributed by atoms with E-state index in [-0.39, 0.29) is 5.91 Å². The maximum absolute atomic E-state index is 14.3. The van der Waals surface area contributed by atoms with Crippen molar-refractivity contribution < 1.29 is 9.59 Å². The van der Waals surface area contributed by atoms with E-state index in [1.807, 2.05) is 23.1 Å². The third-order valence-corrected chi connectivity index (χ3v) is 8.45. The molecule has 1 aromatic heterocycles. The molecule has 0 spiro atoms. The molecule has 0 radical (unpaired) electrons. The third kappa shape index (κ3) is 4.98. The van der Waals surface area contributed by atoms with Crippen LogP contribution < -0.4 is 10.5 Å². The second-order valence-electron chi connectivity index (χ2n) is 10.2. The number of amides is 1. The van der Waals surface area contributed by atoms with Crippen LogP contribution in [-0.2, 0) is 4.79 Å². The Hall–Kier alpha value is -4.14. The van der Waals surface area contributed by atoms with Gasteiger partial charge in [0.1, 0.15) is 5.92 Å². The highest BCUT2D eigenvalue weighted by Crippen LogP contribution is 2.39. The molecule has 41 heavy (non-hydrogen) atoms. The Morgan fingerprint density at radius 2 is 1.49 bits per heavy atom. The van der Waals surface area contributed by atoms with Gasteiger partial charge in [-0.05, 0) is 48.9 Å². The van der Waals surface area contributed by atoms with E-state index in [2.05, 4.69) is 22.0 Å². The number of piperazine rings is 1. The number of rotatable bonds is 4. The first kappa shape index (κ1) is 27.1. The molecule has 208 valence electrons. The van der Waals surface area contributed by atoms with Gasteiger partial charge in [0, 0.05) is 49.2 Å². The van der Waals surface area contributed by atoms with Gasteiger partial charge >= 0.3 is 0 Å². The monoisotopic (exact) mass is 587 g/mol. The highest BCUT2D eigenvalue weighted by Gasteiger charge is 2.42. The van der Waals surface area contributed by atoms with Gasteiger partial charge in [0.15, 0.2) is 5.82 Å². The van der Waals surface area contributed by atoms with Crippen LogP contribution in [0.2, 0.25) is 10.0 Å². The van der Waals surface area contributed by atoms with Crippen LogP contribution in [0.4, 0.5) is 11.5 Å². The lowest BCUT2D eigenvalue weighted by Crippen LogP contribution is -2.53. The number of hydrogen-bond acceptors (Lipinski definition) is 5. The lowest BCUT2D eigenvalue weighted by Gasteiger charge is -2.40. The SMILES string of the molecule is CC1=Nc2cc(=O)n(C(=O)c3ccccc3)n2C(c2ccc(Cl)c(Cl)c2)C1C(=O)N1CCN(c2ccccc2)CC1. The van der Waals surface area contributed by atoms with Gasteiger partial charge in [-0.3, -0.25) is 14.4 Å². The van der Waals surface area contributed by atoms with Crippen molar-refractivity contribution in [1.82, 2.24) is 14.3 Å². The van der Waals surface area contributed by atoms with Crippen molar-refractivity contribution in [3.63, 3.8) is 0 Å². The molecule has 0 N–H and O–H groups in total. The number of aromatic nitrogens is 2. The van der Waals surface area contributed by atoms with Crippen molar-refractivity contribution >= 4 is 52.2 Å². The maximum atomic E-state index is 14.3. The first-order chi connectivity index (χ1) is 19.8. The minimum Gasteiger partial charge on any atom is -0.368 e. The standard InChI is InChI=1S/C31H27Cl2N5O3/c1-20-28(31(41)36-16-14-35(15-17-36)23-10-6-3-7-11-23)29(22-12-13-24(32)25(33)18-22)37-26(34-20)19-27(39)38(37)30(40)21-8-4-2-5-9-21/h2-13,18-19,28-29H,14-17H2,1H3. The van der Waals surface area contributed by atoms with Gasteiger partial charge in [0.2, 0.25) is 5.91 Å². The van der Waals surface area contributed by atoms with Gasteiger partial charge in [-0.15, -0.1) is 0 Å². The van der Waals surface area contributed by atoms with Crippen LogP contribution in [0.5, 0.6) is 0 Å². The third-order valence-electron chi connectivity index (χ3n) is 7.71. The number of aliphatic imine (C=N–C) groups is 1. The zero-order valence-electron chi connectivity index (χ0n) is 22.3. The molecule has 0 aliphatic carbocycles. The lowest BCUT2D eigenvalue weighted by atomic mass is 9.87. The molecular weight excluding hydrogens is 561 g/mol. The molecule has 10 heteroatoms. The van der Waals surface area contributed by atoms with Gasteiger partial charge in [0.25, 0.3) is 11.5 Å². The van der Waals surface area contributed by atoms with Gasteiger partial charge < -0.3 is 9.80 Å². The van der Waals surface area contributed by atoms with Crippen LogP contribution in [0, 0.1) is 5.92 Å². The Bertz CT molecular complexity index is 1710. The van der Waals surface area contributed by atoms with Crippen molar-refractivity contribution in [2.45, 2.75) is 13.0 Å². The molecule has 2 aliphatic heterocycles. The van der Waals surface area contributed by atoms with Crippen LogP contribution in [0.1, 0.15) is 28.9 Å². The second kappa shape index (κ2) is 11.0. The first-order valence-corrected chi connectivity index (χ1v) is 14.1. The summed E-state index contributed by atoms with van der Waals surface area (Å²) in [5, 5.41) is 0.672. The summed E-state index contributed by atoms with van der Waals surface area (Å²) in [7, 11) is 0. The molecule has 1 amide bonds. The number of fused-ring (bicyclic) bond motifs is 1. The molecule has 0 bridgehead atoms. The summed E-state index contributed by atoms with van der Waals surface area (Å²) >= 11 is 12.7. The Morgan fingerprint density at radius 1 is 0.829 bits per heavy atom. The van der Waals surface area contributed by atoms with Gasteiger partial charge in [0.05, 0.1) is 16.1 Å². The van der Waals surface area contributed by atoms with E-state index in [1.54, 1.807) is 55.5 Å². The minimum atomic E-state index is -0.773. The largest absolute Gasteiger partial charge is 0.368 e. The summed E-state index contributed by atoms with van der Waals surface area (Å²) in [6.45, 7) is 4.21. The van der Waals surface area contributed by atoms with E-state index in [1.165, 1.54) is 10.7 Å². The second-order valence-corrected chi connectivity index (χ2v) is 11.0. The molecule has 3 heterocycles. The van der Waals surface area contributed by atoms with Crippen LogP contribution in [0.3, 0.4) is 0 Å². The molecule has 2 unspecified atom stereocenters. The topological polar surface area (TPSA) is 79.9 Å². The highest BCUT2D eigenvalue weighted by molar-refractivity contribution is 6.42. The van der Waals surface area contributed by atoms with Crippen LogP contribution in [0.25, 0.3) is 0 Å². The fraction of sp³-hybridized carbons (Fsp3) is 0.226. The van der Waals surface area contributed by atoms with E-state index in [0.29, 0.717) is 58.9 Å². The Balaban J connectivity index is 1.41. The van der Waals surface area contributed by atoms with Crippen LogP contribution in [0.15, 0.2) is 94.7 Å². The number of halogens is 2. The summed E-state index contributed by atoms with van der Waals surface area (Å²) in [5.74, 6) is -1.11. The molecule has 4 aromatic rings. The van der Waals surface area contributed by atoms with E-state index in [9.17, 15) is 14.4 Å². The minimum absolute atomic E-state index is 0.124. The van der Waals surface area contributed by atoms with E-state index < -0.39 is 23.4 Å². The number of benzene rings is 3. The molecule has 6 rings (SSSR count). The molecule has 0 saturated carbocycles. The number of carbonyl (C=O) groups excluding carboxylic acids is 2. The van der Waals surface area contributed by atoms with Crippen molar-refractivity contribution in [2.24, 2.45) is 10.9 Å². The highest BCUT2D eigenvalue weighted by atomic mass is 35.5. The molecule has 1 saturated heterocycles. The Morgan fingerprint density at radius 3 is 2.15 bits per heavy atom. The number of hydrogen-bond donors (Lipinski definition) is 0. The average Bonchev–Trinajstić information content (AvgIpc) is 3.33. The summed E-state index contributed by atoms with van der Waals surface area (Å²) in [4.78, 5) is 50.0. The summed E-state index contributed by atoms with van der Waals surface area (Å²) in [6, 6.07) is 24.4. The molecular formula is C31H27Cl2N5O3. The quantitative estimate of drug-likeness (QED) is 0.324. The summed E-state index contributed by atoms with van der Waals surface area (Å²) in [6.07, 6.45) is 0. The van der Waals surface area contributed by atoms with Gasteiger partial charge in [-0.1, -0.05) is 65.7 Å². The Labute approximate surface area is 247 Å². The molecule has 2 aliphatic rings. The number of para-hydroxylation sites is 1. The van der Waals surface area contributed by atoms with Crippen LogP contribution in [-0.4, -0.2) is 58.0 Å². The molecule has 2 atom stereocenters. The molecule has 8 nitrogen and oxygen atoms in total. The average molecular weight is 588 g/mol. The van der Waals surface area contributed by atoms with Crippen molar-refractivity contribution in [1.29, 1.82) is 0 Å². The number of anilines is 1. The number of nitrogens with zero attached hydrogens (tertiary/aromatic N) is 5. The van der Waals surface area contributed by atoms with E-state index in [0.717, 1.165) is 10.4 Å². The van der Waals surface area contributed by atoms with Gasteiger partial charge in [-0.25, -0.2) is 9.67 Å². The zero-order valence-corrected chi connectivity index (χ0v) is 23.8. The molecule has 3 aromatic carbocycles. The first-order valence-electron chi connectivity index (χ1n) is 13.4. The zero-order chi connectivity index (χ0) is 28.7. The van der Waals surface area contributed by atoms with Crippen molar-refractivity contribution in [2.75, 3.05) is 31.1 Å². The maximum Gasteiger partial charge on any atom is 0.279 e. The van der Waals surface area contributed by atoms with E-state index >= 15 is 0 Å². The van der Waals surface area contributed by atoms with Crippen molar-refractivity contribution in [3.05, 3.63) is 116 Å². The summed E-state index contributed by atoms with van der Waals surface area (Å²) in [5.41, 5.74) is 2.13. The number of carbonyl (C=O) groups is 2. The van der Waals surface area contributed by atoms with Crippen molar-refractivity contribution in [3.8, 4) is 0 Å². The fourth-order valence-electron chi connectivity index (χ4n) is 5.68.